The van der Waals surface area contributed by atoms with Gasteiger partial charge in [0.05, 0.1) is 5.52 Å². The smallest absolute Gasteiger partial charge is 0.0706 e. The molecule has 0 atom stereocenters. The molecule has 0 radical (unpaired) electrons. The zero-order valence-corrected chi connectivity index (χ0v) is 8.91. The number of nitrogen functional groups attached to an aromatic ring is 1. The molecule has 2 heteroatoms. The lowest BCUT2D eigenvalue weighted by Crippen LogP contribution is -1.86. The van der Waals surface area contributed by atoms with Gasteiger partial charge in [-0.2, -0.15) is 0 Å². The fraction of sp³-hybridized carbons (Fsp3) is 0.250. The van der Waals surface area contributed by atoms with Gasteiger partial charge in [-0.1, -0.05) is 13.8 Å². The van der Waals surface area contributed by atoms with Crippen molar-refractivity contribution < 1.29 is 0 Å². The van der Waals surface area contributed by atoms with Gasteiger partial charge < -0.3 is 5.73 Å². The van der Waals surface area contributed by atoms with E-state index >= 15 is 0 Å². The molecule has 0 amide bonds. The van der Waals surface area contributed by atoms with E-state index < -0.39 is 0 Å². The number of aromatic nitrogens is 1. The number of hydrogen-bond acceptors (Lipinski definition) is 2. The lowest BCUT2D eigenvalue weighted by atomic mass is 10.1. The van der Waals surface area contributed by atoms with Crippen molar-refractivity contribution >= 4 is 16.6 Å². The predicted molar refractivity (Wildman–Crippen MR) is 62.2 cm³/mol. The molecule has 14 heavy (non-hydrogen) atoms. The first-order chi connectivity index (χ1) is 6.77. The summed E-state index contributed by atoms with van der Waals surface area (Å²) in [5, 5.41) is 1.14. The quantitative estimate of drug-likeness (QED) is 0.645. The first-order valence-corrected chi connectivity index (χ1v) is 4.88. The number of aryl methyl sites for hydroxylation is 1. The van der Waals surface area contributed by atoms with Gasteiger partial charge in [-0.05, 0) is 36.8 Å². The fourth-order valence-electron chi connectivity index (χ4n) is 1.30. The van der Waals surface area contributed by atoms with Crippen LogP contribution in [0.25, 0.3) is 10.9 Å². The first kappa shape index (κ1) is 10.5. The van der Waals surface area contributed by atoms with Crippen molar-refractivity contribution in [3.8, 4) is 0 Å². The number of hydrogen-bond donors (Lipinski definition) is 1. The molecule has 0 saturated carbocycles. The molecule has 0 unspecified atom stereocenters. The van der Waals surface area contributed by atoms with Crippen LogP contribution in [-0.2, 0) is 0 Å². The van der Waals surface area contributed by atoms with Crippen LogP contribution in [0, 0.1) is 6.92 Å². The Morgan fingerprint density at radius 3 is 2.57 bits per heavy atom. The van der Waals surface area contributed by atoms with Gasteiger partial charge >= 0.3 is 0 Å². The van der Waals surface area contributed by atoms with Crippen molar-refractivity contribution in [2.75, 3.05) is 5.73 Å². The first-order valence-electron chi connectivity index (χ1n) is 4.88. The van der Waals surface area contributed by atoms with E-state index in [1.807, 2.05) is 44.3 Å². The second-order valence-corrected chi connectivity index (χ2v) is 2.90. The summed E-state index contributed by atoms with van der Waals surface area (Å²) in [7, 11) is 0. The fourth-order valence-corrected chi connectivity index (χ4v) is 1.30. The Morgan fingerprint density at radius 2 is 1.86 bits per heavy atom. The highest BCUT2D eigenvalue weighted by atomic mass is 14.6. The molecule has 1 aromatic carbocycles. The molecular formula is C12H16N2. The highest BCUT2D eigenvalue weighted by Gasteiger charge is 1.96. The summed E-state index contributed by atoms with van der Waals surface area (Å²) < 4.78 is 0. The lowest BCUT2D eigenvalue weighted by Gasteiger charge is -2.00. The van der Waals surface area contributed by atoms with Gasteiger partial charge in [0.25, 0.3) is 0 Å². The second kappa shape index (κ2) is 4.61. The summed E-state index contributed by atoms with van der Waals surface area (Å²) in [6.45, 7) is 6.06. The molecule has 0 aliphatic heterocycles. The molecule has 1 aromatic heterocycles. The molecule has 0 aliphatic rings. The number of benzene rings is 1. The third-order valence-corrected chi connectivity index (χ3v) is 1.98. The van der Waals surface area contributed by atoms with Crippen molar-refractivity contribution in [1.29, 1.82) is 0 Å². The SMILES string of the molecule is CC.Cc1ccnc2ccc(N)cc12. The molecule has 2 rings (SSSR count). The van der Waals surface area contributed by atoms with Crippen molar-refractivity contribution in [2.24, 2.45) is 0 Å². The summed E-state index contributed by atoms with van der Waals surface area (Å²) in [6, 6.07) is 7.76. The maximum Gasteiger partial charge on any atom is 0.0706 e. The van der Waals surface area contributed by atoms with Crippen LogP contribution in [0.4, 0.5) is 5.69 Å². The maximum atomic E-state index is 5.66. The third kappa shape index (κ3) is 2.02. The summed E-state index contributed by atoms with van der Waals surface area (Å²) in [6.07, 6.45) is 1.81. The van der Waals surface area contributed by atoms with E-state index in [-0.39, 0.29) is 0 Å². The molecule has 0 fully saturated rings. The van der Waals surface area contributed by atoms with Crippen LogP contribution >= 0.6 is 0 Å². The zero-order chi connectivity index (χ0) is 10.6. The maximum absolute atomic E-state index is 5.66. The molecule has 2 aromatic rings. The molecule has 0 bridgehead atoms. The van der Waals surface area contributed by atoms with Crippen molar-refractivity contribution in [3.63, 3.8) is 0 Å². The number of nitrogens with zero attached hydrogens (tertiary/aromatic N) is 1. The minimum Gasteiger partial charge on any atom is -0.399 e. The van der Waals surface area contributed by atoms with E-state index in [9.17, 15) is 0 Å². The van der Waals surface area contributed by atoms with Gasteiger partial charge in [0, 0.05) is 17.3 Å². The number of nitrogens with two attached hydrogens (primary N) is 1. The molecule has 1 heterocycles. The Morgan fingerprint density at radius 1 is 1.14 bits per heavy atom. The van der Waals surface area contributed by atoms with Crippen LogP contribution in [0.3, 0.4) is 0 Å². The summed E-state index contributed by atoms with van der Waals surface area (Å²) >= 11 is 0. The van der Waals surface area contributed by atoms with Gasteiger partial charge in [0.2, 0.25) is 0 Å². The van der Waals surface area contributed by atoms with E-state index in [0.29, 0.717) is 0 Å². The van der Waals surface area contributed by atoms with Crippen molar-refractivity contribution in [3.05, 3.63) is 36.0 Å². The number of pyridine rings is 1. The van der Waals surface area contributed by atoms with Crippen LogP contribution < -0.4 is 5.73 Å². The highest BCUT2D eigenvalue weighted by molar-refractivity contribution is 5.84. The van der Waals surface area contributed by atoms with Gasteiger partial charge in [0.1, 0.15) is 0 Å². The molecule has 0 aliphatic carbocycles. The van der Waals surface area contributed by atoms with Crippen LogP contribution in [-0.4, -0.2) is 4.98 Å². The molecule has 0 saturated heterocycles. The second-order valence-electron chi connectivity index (χ2n) is 2.90. The van der Waals surface area contributed by atoms with Crippen LogP contribution in [0.1, 0.15) is 19.4 Å². The summed E-state index contributed by atoms with van der Waals surface area (Å²) in [5.41, 5.74) is 8.67. The minimum atomic E-state index is 0.790. The van der Waals surface area contributed by atoms with Crippen LogP contribution in [0.15, 0.2) is 30.5 Å². The molecule has 74 valence electrons. The summed E-state index contributed by atoms with van der Waals surface area (Å²) in [5.74, 6) is 0. The average molecular weight is 188 g/mol. The van der Waals surface area contributed by atoms with E-state index in [2.05, 4.69) is 11.9 Å². The standard InChI is InChI=1S/C10H10N2.C2H6/c1-7-4-5-12-10-3-2-8(11)6-9(7)10;1-2/h2-6H,11H2,1H3;1-2H3. The van der Waals surface area contributed by atoms with E-state index in [1.165, 1.54) is 5.56 Å². The number of fused-ring (bicyclic) bond motifs is 1. The van der Waals surface area contributed by atoms with Gasteiger partial charge in [0.15, 0.2) is 0 Å². The van der Waals surface area contributed by atoms with E-state index in [1.54, 1.807) is 0 Å². The highest BCUT2D eigenvalue weighted by Crippen LogP contribution is 2.18. The largest absolute Gasteiger partial charge is 0.399 e. The third-order valence-electron chi connectivity index (χ3n) is 1.98. The van der Waals surface area contributed by atoms with Crippen molar-refractivity contribution in [2.45, 2.75) is 20.8 Å². The topological polar surface area (TPSA) is 38.9 Å². The Balaban J connectivity index is 0.000000461. The molecule has 0 spiro atoms. The monoisotopic (exact) mass is 188 g/mol. The zero-order valence-electron chi connectivity index (χ0n) is 8.91. The van der Waals surface area contributed by atoms with Gasteiger partial charge in [-0.15, -0.1) is 0 Å². The molecule has 2 N–H and O–H groups in total. The van der Waals surface area contributed by atoms with E-state index in [0.717, 1.165) is 16.6 Å². The Labute approximate surface area is 84.8 Å². The Hall–Kier alpha value is -1.57. The van der Waals surface area contributed by atoms with Crippen molar-refractivity contribution in [1.82, 2.24) is 4.98 Å². The Bertz CT molecular complexity index is 422. The number of rotatable bonds is 0. The molecular weight excluding hydrogens is 172 g/mol. The van der Waals surface area contributed by atoms with Crippen LogP contribution in [0.2, 0.25) is 0 Å². The normalized spacial score (nSPS) is 9.36. The van der Waals surface area contributed by atoms with Gasteiger partial charge in [-0.3, -0.25) is 4.98 Å². The Kier molecular flexibility index (Phi) is 3.46. The lowest BCUT2D eigenvalue weighted by molar-refractivity contribution is 1.37. The van der Waals surface area contributed by atoms with Gasteiger partial charge in [-0.25, -0.2) is 0 Å². The predicted octanol–water partition coefficient (Wildman–Crippen LogP) is 3.15. The minimum absolute atomic E-state index is 0.790. The molecule has 2 nitrogen and oxygen atoms in total. The average Bonchev–Trinajstić information content (AvgIpc) is 2.22. The summed E-state index contributed by atoms with van der Waals surface area (Å²) in [4.78, 5) is 4.23. The van der Waals surface area contributed by atoms with E-state index in [4.69, 9.17) is 5.73 Å². The van der Waals surface area contributed by atoms with Crippen LogP contribution in [0.5, 0.6) is 0 Å². The number of anilines is 1.